The molecule has 0 aromatic heterocycles. The van der Waals surface area contributed by atoms with Gasteiger partial charge in [-0.3, -0.25) is 0 Å². The van der Waals surface area contributed by atoms with E-state index in [1.54, 1.807) is 6.92 Å². The predicted octanol–water partition coefficient (Wildman–Crippen LogP) is 5.64. The van der Waals surface area contributed by atoms with Crippen molar-refractivity contribution in [1.29, 1.82) is 0 Å². The zero-order valence-electron chi connectivity index (χ0n) is 14.2. The maximum Gasteiger partial charge on any atom is 0.384 e. The Morgan fingerprint density at radius 1 is 0.762 bits per heavy atom. The third kappa shape index (κ3) is 17.0. The minimum absolute atomic E-state index is 0.392. The van der Waals surface area contributed by atoms with Crippen LogP contribution in [0.25, 0.3) is 0 Å². The molecule has 0 aromatic carbocycles. The van der Waals surface area contributed by atoms with Crippen molar-refractivity contribution >= 4 is 5.97 Å². The lowest BCUT2D eigenvalue weighted by Crippen LogP contribution is -2.02. The maximum absolute atomic E-state index is 11.0. The van der Waals surface area contributed by atoms with E-state index >= 15 is 0 Å². The molecule has 0 aliphatic heterocycles. The zero-order valence-corrected chi connectivity index (χ0v) is 14.2. The summed E-state index contributed by atoms with van der Waals surface area (Å²) in [6.45, 7) is 4.43. The van der Waals surface area contributed by atoms with E-state index in [4.69, 9.17) is 4.74 Å². The van der Waals surface area contributed by atoms with Gasteiger partial charge in [0.05, 0.1) is 6.61 Å². The van der Waals surface area contributed by atoms with Gasteiger partial charge in [-0.25, -0.2) is 4.79 Å². The van der Waals surface area contributed by atoms with Crippen molar-refractivity contribution in [2.75, 3.05) is 6.61 Å². The molecular formula is C19H34O2. The predicted molar refractivity (Wildman–Crippen MR) is 90.1 cm³/mol. The van der Waals surface area contributed by atoms with Crippen LogP contribution in [-0.2, 0) is 9.53 Å². The molecule has 0 atom stereocenters. The van der Waals surface area contributed by atoms with Crippen LogP contribution < -0.4 is 0 Å². The van der Waals surface area contributed by atoms with Gasteiger partial charge < -0.3 is 4.74 Å². The highest BCUT2D eigenvalue weighted by atomic mass is 16.5. The second-order valence-corrected chi connectivity index (χ2v) is 5.75. The number of carbonyl (C=O) groups is 1. The molecule has 0 bridgehead atoms. The fourth-order valence-corrected chi connectivity index (χ4v) is 2.42. The van der Waals surface area contributed by atoms with Gasteiger partial charge in [0.2, 0.25) is 0 Å². The molecule has 122 valence electrons. The molecule has 0 rings (SSSR count). The summed E-state index contributed by atoms with van der Waals surface area (Å²) in [5, 5.41) is 0. The number of hydrogen-bond donors (Lipinski definition) is 0. The van der Waals surface area contributed by atoms with Crippen molar-refractivity contribution in [3.8, 4) is 11.8 Å². The molecule has 0 spiro atoms. The van der Waals surface area contributed by atoms with Gasteiger partial charge in [-0.1, -0.05) is 89.9 Å². The first-order chi connectivity index (χ1) is 10.3. The largest absolute Gasteiger partial charge is 0.456 e. The molecule has 2 heteroatoms. The normalized spacial score (nSPS) is 10.0. The molecule has 0 aliphatic rings. The van der Waals surface area contributed by atoms with Gasteiger partial charge in [0, 0.05) is 5.92 Å². The first kappa shape index (κ1) is 20.0. The van der Waals surface area contributed by atoms with Crippen LogP contribution in [0.2, 0.25) is 0 Å². The number of ether oxygens (including phenoxy) is 1. The summed E-state index contributed by atoms with van der Waals surface area (Å²) in [7, 11) is 0. The highest BCUT2D eigenvalue weighted by Gasteiger charge is 1.97. The van der Waals surface area contributed by atoms with E-state index in [2.05, 4.69) is 18.8 Å². The van der Waals surface area contributed by atoms with Gasteiger partial charge in [-0.15, -0.1) is 0 Å². The van der Waals surface area contributed by atoms with Crippen molar-refractivity contribution in [2.24, 2.45) is 0 Å². The van der Waals surface area contributed by atoms with Crippen molar-refractivity contribution in [1.82, 2.24) is 0 Å². The molecule has 0 aromatic rings. The summed E-state index contributed by atoms with van der Waals surface area (Å²) >= 11 is 0. The molecule has 0 radical (unpaired) electrons. The van der Waals surface area contributed by atoms with Crippen LogP contribution in [0.1, 0.15) is 97.3 Å². The zero-order chi connectivity index (χ0) is 15.6. The second-order valence-electron chi connectivity index (χ2n) is 5.75. The minimum Gasteiger partial charge on any atom is -0.456 e. The van der Waals surface area contributed by atoms with E-state index in [0.717, 1.165) is 12.8 Å². The van der Waals surface area contributed by atoms with Gasteiger partial charge in [-0.2, -0.15) is 0 Å². The number of unbranched alkanes of at least 4 members (excludes halogenated alkanes) is 12. The second kappa shape index (κ2) is 17.1. The van der Waals surface area contributed by atoms with E-state index in [0.29, 0.717) is 6.61 Å². The molecule has 0 heterocycles. The number of carbonyl (C=O) groups excluding carboxylic acids is 1. The van der Waals surface area contributed by atoms with Crippen molar-refractivity contribution < 1.29 is 9.53 Å². The Hall–Kier alpha value is -0.970. The standard InChI is InChI=1S/C19H34O2/c1-3-5-6-7-8-9-10-11-12-13-14-15-16-18-21-19(20)17-4-2/h3,5-16,18H2,1-2H3. The quantitative estimate of drug-likeness (QED) is 0.179. The summed E-state index contributed by atoms with van der Waals surface area (Å²) in [6, 6.07) is 0. The molecule has 0 aliphatic carbocycles. The van der Waals surface area contributed by atoms with Crippen molar-refractivity contribution in [2.45, 2.75) is 97.3 Å². The highest BCUT2D eigenvalue weighted by molar-refractivity contribution is 5.88. The summed E-state index contributed by atoms with van der Waals surface area (Å²) < 4.78 is 4.97. The molecule has 2 nitrogen and oxygen atoms in total. The molecule has 21 heavy (non-hydrogen) atoms. The molecule has 0 fully saturated rings. The Kier molecular flexibility index (Phi) is 16.3. The fourth-order valence-electron chi connectivity index (χ4n) is 2.42. The molecule has 0 N–H and O–H groups in total. The highest BCUT2D eigenvalue weighted by Crippen LogP contribution is 2.12. The van der Waals surface area contributed by atoms with Crippen LogP contribution in [0, 0.1) is 11.8 Å². The Morgan fingerprint density at radius 3 is 1.62 bits per heavy atom. The molecule has 0 unspecified atom stereocenters. The van der Waals surface area contributed by atoms with E-state index < -0.39 is 5.97 Å². The first-order valence-electron chi connectivity index (χ1n) is 8.90. The monoisotopic (exact) mass is 294 g/mol. The lowest BCUT2D eigenvalue weighted by Gasteiger charge is -2.03. The van der Waals surface area contributed by atoms with Crippen LogP contribution >= 0.6 is 0 Å². The van der Waals surface area contributed by atoms with Gasteiger partial charge in [-0.05, 0) is 13.3 Å². The smallest absolute Gasteiger partial charge is 0.384 e. The summed E-state index contributed by atoms with van der Waals surface area (Å²) in [6.07, 6.45) is 17.3. The Morgan fingerprint density at radius 2 is 1.19 bits per heavy atom. The molecule has 0 saturated heterocycles. The van der Waals surface area contributed by atoms with Crippen LogP contribution in [0.5, 0.6) is 0 Å². The van der Waals surface area contributed by atoms with Gasteiger partial charge in [0.15, 0.2) is 0 Å². The lowest BCUT2D eigenvalue weighted by atomic mass is 10.0. The van der Waals surface area contributed by atoms with Crippen LogP contribution in [-0.4, -0.2) is 12.6 Å². The van der Waals surface area contributed by atoms with E-state index in [-0.39, 0.29) is 0 Å². The van der Waals surface area contributed by atoms with Crippen LogP contribution in [0.4, 0.5) is 0 Å². The van der Waals surface area contributed by atoms with E-state index in [1.165, 1.54) is 70.6 Å². The Labute approximate surface area is 132 Å². The van der Waals surface area contributed by atoms with E-state index in [1.807, 2.05) is 0 Å². The van der Waals surface area contributed by atoms with E-state index in [9.17, 15) is 4.79 Å². The molecule has 0 amide bonds. The molecular weight excluding hydrogens is 260 g/mol. The number of esters is 1. The lowest BCUT2D eigenvalue weighted by molar-refractivity contribution is -0.136. The van der Waals surface area contributed by atoms with Gasteiger partial charge >= 0.3 is 5.97 Å². The third-order valence-electron chi connectivity index (χ3n) is 3.71. The minimum atomic E-state index is -0.392. The average molecular weight is 294 g/mol. The fraction of sp³-hybridized carbons (Fsp3) is 0.842. The summed E-state index contributed by atoms with van der Waals surface area (Å²) in [4.78, 5) is 11.0. The van der Waals surface area contributed by atoms with Gasteiger partial charge in [0.1, 0.15) is 0 Å². The summed E-state index contributed by atoms with van der Waals surface area (Å²) in [5.41, 5.74) is 0. The maximum atomic E-state index is 11.0. The van der Waals surface area contributed by atoms with Crippen LogP contribution in [0.15, 0.2) is 0 Å². The first-order valence-corrected chi connectivity index (χ1v) is 8.90. The topological polar surface area (TPSA) is 26.3 Å². The Bertz CT molecular complexity index is 286. The number of hydrogen-bond acceptors (Lipinski definition) is 2. The van der Waals surface area contributed by atoms with Crippen molar-refractivity contribution in [3.05, 3.63) is 0 Å². The van der Waals surface area contributed by atoms with Gasteiger partial charge in [0.25, 0.3) is 0 Å². The van der Waals surface area contributed by atoms with Crippen molar-refractivity contribution in [3.63, 3.8) is 0 Å². The van der Waals surface area contributed by atoms with Crippen LogP contribution in [0.3, 0.4) is 0 Å². The average Bonchev–Trinajstić information content (AvgIpc) is 2.48. The third-order valence-corrected chi connectivity index (χ3v) is 3.71. The number of rotatable bonds is 14. The molecule has 0 saturated carbocycles. The Balaban J connectivity index is 3.05. The SMILES string of the molecule is CC#CC(=O)OCCCCCCCCCCCCCCC. The summed E-state index contributed by atoms with van der Waals surface area (Å²) in [5.74, 6) is 4.53.